The lowest BCUT2D eigenvalue weighted by molar-refractivity contribution is -0.120. The van der Waals surface area contributed by atoms with Crippen molar-refractivity contribution in [1.29, 1.82) is 0 Å². The van der Waals surface area contributed by atoms with Crippen molar-refractivity contribution < 1.29 is 14.3 Å². The van der Waals surface area contributed by atoms with E-state index in [0.29, 0.717) is 23.2 Å². The highest BCUT2D eigenvalue weighted by Crippen LogP contribution is 2.29. The van der Waals surface area contributed by atoms with E-state index in [4.69, 9.17) is 9.47 Å². The Kier molecular flexibility index (Phi) is 7.43. The minimum absolute atomic E-state index is 0.0749. The molecule has 3 rings (SSSR count). The summed E-state index contributed by atoms with van der Waals surface area (Å²) in [6, 6.07) is 15.3. The summed E-state index contributed by atoms with van der Waals surface area (Å²) >= 11 is 1.53. The average molecular weight is 414 g/mol. The highest BCUT2D eigenvalue weighted by Gasteiger charge is 2.21. The van der Waals surface area contributed by atoms with Crippen molar-refractivity contribution >= 4 is 32.6 Å². The summed E-state index contributed by atoms with van der Waals surface area (Å²) in [5.41, 5.74) is 0.902. The minimum atomic E-state index is -0.123. The molecule has 2 aromatic carbocycles. The van der Waals surface area contributed by atoms with E-state index in [0.717, 1.165) is 29.9 Å². The van der Waals surface area contributed by atoms with Gasteiger partial charge in [0.2, 0.25) is 0 Å². The van der Waals surface area contributed by atoms with Crippen LogP contribution in [0.4, 0.5) is 5.13 Å². The highest BCUT2D eigenvalue weighted by molar-refractivity contribution is 7.22. The molecule has 0 aliphatic rings. The highest BCUT2D eigenvalue weighted by atomic mass is 32.1. The number of amides is 1. The number of ether oxygens (including phenoxy) is 2. The first-order valence-corrected chi connectivity index (χ1v) is 10.6. The van der Waals surface area contributed by atoms with Crippen molar-refractivity contribution in [2.45, 2.75) is 13.8 Å². The number of anilines is 1. The van der Waals surface area contributed by atoms with Crippen molar-refractivity contribution in [1.82, 2.24) is 9.88 Å². The Morgan fingerprint density at radius 3 is 2.38 bits per heavy atom. The number of para-hydroxylation sites is 3. The minimum Gasteiger partial charge on any atom is -0.493 e. The monoisotopic (exact) mass is 413 g/mol. The lowest BCUT2D eigenvalue weighted by atomic mass is 10.3. The van der Waals surface area contributed by atoms with Crippen LogP contribution in [0.3, 0.4) is 0 Å². The molecule has 0 aliphatic carbocycles. The van der Waals surface area contributed by atoms with Crippen molar-refractivity contribution in [2.75, 3.05) is 44.8 Å². The van der Waals surface area contributed by atoms with Crippen LogP contribution in [0.5, 0.6) is 11.5 Å². The maximum atomic E-state index is 13.1. The molecule has 0 saturated heterocycles. The zero-order chi connectivity index (χ0) is 20.6. The fraction of sp³-hybridized carbons (Fsp3) is 0.364. The summed E-state index contributed by atoms with van der Waals surface area (Å²) < 4.78 is 12.1. The van der Waals surface area contributed by atoms with Gasteiger partial charge < -0.3 is 14.4 Å². The summed E-state index contributed by atoms with van der Waals surface area (Å²) in [6.45, 7) is 7.40. The van der Waals surface area contributed by atoms with E-state index in [9.17, 15) is 4.79 Å². The molecule has 0 fully saturated rings. The standard InChI is InChI=1S/C22H27N3O3S/c1-4-24(5-2)14-15-25(22-23-17-10-6-9-13-20(17)29-22)21(26)16-28-19-12-8-7-11-18(19)27-3/h6-13H,4-5,14-16H2,1-3H3. The second kappa shape index (κ2) is 10.2. The van der Waals surface area contributed by atoms with Crippen LogP contribution in [-0.4, -0.2) is 55.7 Å². The lowest BCUT2D eigenvalue weighted by Crippen LogP contribution is -2.41. The van der Waals surface area contributed by atoms with Crippen LogP contribution in [0, 0.1) is 0 Å². The molecule has 0 radical (unpaired) electrons. The topological polar surface area (TPSA) is 54.9 Å². The van der Waals surface area contributed by atoms with Gasteiger partial charge in [-0.15, -0.1) is 0 Å². The van der Waals surface area contributed by atoms with Gasteiger partial charge in [-0.1, -0.05) is 49.4 Å². The third-order valence-electron chi connectivity index (χ3n) is 4.77. The third kappa shape index (κ3) is 5.25. The summed E-state index contributed by atoms with van der Waals surface area (Å²) in [7, 11) is 1.58. The lowest BCUT2D eigenvalue weighted by Gasteiger charge is -2.24. The molecule has 7 heteroatoms. The molecule has 1 aromatic heterocycles. The van der Waals surface area contributed by atoms with E-state index in [1.165, 1.54) is 11.3 Å². The van der Waals surface area contributed by atoms with Crippen LogP contribution < -0.4 is 14.4 Å². The average Bonchev–Trinajstić information content (AvgIpc) is 3.19. The van der Waals surface area contributed by atoms with Gasteiger partial charge in [-0.3, -0.25) is 9.69 Å². The van der Waals surface area contributed by atoms with Crippen LogP contribution >= 0.6 is 11.3 Å². The van der Waals surface area contributed by atoms with Crippen molar-refractivity contribution in [3.63, 3.8) is 0 Å². The molecule has 154 valence electrons. The van der Waals surface area contributed by atoms with Gasteiger partial charge in [0.25, 0.3) is 5.91 Å². The van der Waals surface area contributed by atoms with Gasteiger partial charge >= 0.3 is 0 Å². The number of carbonyl (C=O) groups is 1. The Morgan fingerprint density at radius 1 is 1.00 bits per heavy atom. The SMILES string of the molecule is CCN(CC)CCN(C(=O)COc1ccccc1OC)c1nc2ccccc2s1. The number of aromatic nitrogens is 1. The normalized spacial score (nSPS) is 11.0. The van der Waals surface area contributed by atoms with Crippen LogP contribution in [-0.2, 0) is 4.79 Å². The molecule has 1 amide bonds. The van der Waals surface area contributed by atoms with Gasteiger partial charge in [0.15, 0.2) is 23.2 Å². The van der Waals surface area contributed by atoms with Crippen LogP contribution in [0.1, 0.15) is 13.8 Å². The maximum Gasteiger partial charge on any atom is 0.266 e. The number of thiazole rings is 1. The molecule has 29 heavy (non-hydrogen) atoms. The fourth-order valence-corrected chi connectivity index (χ4v) is 4.05. The number of methoxy groups -OCH3 is 1. The first-order valence-electron chi connectivity index (χ1n) is 9.80. The Hall–Kier alpha value is -2.64. The van der Waals surface area contributed by atoms with Crippen LogP contribution in [0.15, 0.2) is 48.5 Å². The Balaban J connectivity index is 1.78. The summed E-state index contributed by atoms with van der Waals surface area (Å²) in [4.78, 5) is 21.8. The number of fused-ring (bicyclic) bond motifs is 1. The number of carbonyl (C=O) groups excluding carboxylic acids is 1. The second-order valence-electron chi connectivity index (χ2n) is 6.48. The van der Waals surface area contributed by atoms with Gasteiger partial charge in [0.1, 0.15) is 0 Å². The third-order valence-corrected chi connectivity index (χ3v) is 5.83. The number of likely N-dealkylation sites (N-methyl/N-ethyl adjacent to an activating group) is 1. The zero-order valence-electron chi connectivity index (χ0n) is 17.1. The molecule has 0 bridgehead atoms. The predicted molar refractivity (Wildman–Crippen MR) is 118 cm³/mol. The summed E-state index contributed by atoms with van der Waals surface area (Å²) in [5, 5.41) is 0.701. The summed E-state index contributed by atoms with van der Waals surface area (Å²) in [5.74, 6) is 1.04. The number of hydrogen-bond acceptors (Lipinski definition) is 6. The molecule has 0 saturated carbocycles. The largest absolute Gasteiger partial charge is 0.493 e. The molecular weight excluding hydrogens is 386 g/mol. The summed E-state index contributed by atoms with van der Waals surface area (Å²) in [6.07, 6.45) is 0. The van der Waals surface area contributed by atoms with Gasteiger partial charge in [-0.05, 0) is 37.4 Å². The van der Waals surface area contributed by atoms with Gasteiger partial charge in [0, 0.05) is 13.1 Å². The van der Waals surface area contributed by atoms with Crippen LogP contribution in [0.2, 0.25) is 0 Å². The van der Waals surface area contributed by atoms with E-state index in [1.54, 1.807) is 18.1 Å². The van der Waals surface area contributed by atoms with Gasteiger partial charge in [-0.2, -0.15) is 0 Å². The van der Waals surface area contributed by atoms with E-state index < -0.39 is 0 Å². The van der Waals surface area contributed by atoms with Crippen molar-refractivity contribution in [3.05, 3.63) is 48.5 Å². The first kappa shape index (κ1) is 21.1. The van der Waals surface area contributed by atoms with E-state index >= 15 is 0 Å². The first-order chi connectivity index (χ1) is 14.2. The Bertz CT molecular complexity index is 907. The molecule has 0 spiro atoms. The molecule has 0 N–H and O–H groups in total. The van der Waals surface area contributed by atoms with Crippen LogP contribution in [0.25, 0.3) is 10.2 Å². The number of benzene rings is 2. The Labute approximate surface area is 175 Å². The number of rotatable bonds is 10. The fourth-order valence-electron chi connectivity index (χ4n) is 3.04. The smallest absolute Gasteiger partial charge is 0.266 e. The Morgan fingerprint density at radius 2 is 1.69 bits per heavy atom. The molecule has 0 aliphatic heterocycles. The zero-order valence-corrected chi connectivity index (χ0v) is 17.9. The van der Waals surface area contributed by atoms with E-state index in [-0.39, 0.29) is 12.5 Å². The second-order valence-corrected chi connectivity index (χ2v) is 7.49. The predicted octanol–water partition coefficient (Wildman–Crippen LogP) is 4.06. The van der Waals surface area contributed by atoms with E-state index in [2.05, 4.69) is 23.7 Å². The quantitative estimate of drug-likeness (QED) is 0.502. The molecule has 3 aromatic rings. The number of hydrogen-bond donors (Lipinski definition) is 0. The van der Waals surface area contributed by atoms with Crippen molar-refractivity contribution in [2.24, 2.45) is 0 Å². The number of nitrogens with zero attached hydrogens (tertiary/aromatic N) is 3. The van der Waals surface area contributed by atoms with Crippen molar-refractivity contribution in [3.8, 4) is 11.5 Å². The molecular formula is C22H27N3O3S. The molecule has 0 atom stereocenters. The van der Waals surface area contributed by atoms with E-state index in [1.807, 2.05) is 42.5 Å². The molecule has 1 heterocycles. The van der Waals surface area contributed by atoms with Gasteiger partial charge in [-0.25, -0.2) is 4.98 Å². The van der Waals surface area contributed by atoms with Gasteiger partial charge in [0.05, 0.1) is 17.3 Å². The molecule has 6 nitrogen and oxygen atoms in total. The maximum absolute atomic E-state index is 13.1. The molecule has 0 unspecified atom stereocenters.